The Balaban J connectivity index is 1.63. The normalized spacial score (nSPS) is 10.8. The monoisotopic (exact) mass is 370 g/mol. The van der Waals surface area contributed by atoms with Crippen LogP contribution in [-0.2, 0) is 4.79 Å². The molecule has 0 aliphatic carbocycles. The van der Waals surface area contributed by atoms with Crippen LogP contribution in [0.1, 0.15) is 5.56 Å². The van der Waals surface area contributed by atoms with Crippen molar-refractivity contribution in [1.29, 1.82) is 0 Å². The molecule has 1 aromatic heterocycles. The second-order valence-corrected chi connectivity index (χ2v) is 5.53. The van der Waals surface area contributed by atoms with Gasteiger partial charge in [0.2, 0.25) is 5.89 Å². The van der Waals surface area contributed by atoms with Gasteiger partial charge < -0.3 is 4.42 Å². The summed E-state index contributed by atoms with van der Waals surface area (Å²) in [6, 6.07) is 12.5. The van der Waals surface area contributed by atoms with Gasteiger partial charge in [0.05, 0.1) is 4.92 Å². The summed E-state index contributed by atoms with van der Waals surface area (Å²) in [6.45, 7) is 0. The summed E-state index contributed by atoms with van der Waals surface area (Å²) in [6.07, 6.45) is 2.77. The third kappa shape index (κ3) is 4.31. The summed E-state index contributed by atoms with van der Waals surface area (Å²) in [7, 11) is 0. The Kier molecular flexibility index (Phi) is 5.04. The van der Waals surface area contributed by atoms with Gasteiger partial charge in [0.25, 0.3) is 11.6 Å². The first-order valence-electron chi connectivity index (χ1n) is 7.34. The minimum atomic E-state index is -0.492. The Labute approximate surface area is 152 Å². The quantitative estimate of drug-likeness (QED) is 0.413. The molecule has 8 nitrogen and oxygen atoms in total. The van der Waals surface area contributed by atoms with Crippen LogP contribution in [0.4, 0.5) is 11.7 Å². The number of nitrogens with one attached hydrogen (secondary N) is 1. The number of nitro groups is 1. The van der Waals surface area contributed by atoms with E-state index < -0.39 is 10.8 Å². The molecule has 130 valence electrons. The van der Waals surface area contributed by atoms with Crippen molar-refractivity contribution in [2.75, 3.05) is 5.32 Å². The van der Waals surface area contributed by atoms with E-state index in [9.17, 15) is 14.9 Å². The van der Waals surface area contributed by atoms with Crippen LogP contribution in [0.15, 0.2) is 59.0 Å². The van der Waals surface area contributed by atoms with Crippen molar-refractivity contribution in [2.45, 2.75) is 0 Å². The smallest absolute Gasteiger partial charge is 0.322 e. The molecule has 1 N–H and O–H groups in total. The lowest BCUT2D eigenvalue weighted by Gasteiger charge is -1.96. The topological polar surface area (TPSA) is 111 Å². The second kappa shape index (κ2) is 7.58. The van der Waals surface area contributed by atoms with Crippen LogP contribution < -0.4 is 5.32 Å². The predicted octanol–water partition coefficient (Wildman–Crippen LogP) is 3.95. The van der Waals surface area contributed by atoms with Crippen molar-refractivity contribution in [3.63, 3.8) is 0 Å². The number of hydrogen-bond acceptors (Lipinski definition) is 6. The predicted molar refractivity (Wildman–Crippen MR) is 95.5 cm³/mol. The summed E-state index contributed by atoms with van der Waals surface area (Å²) in [4.78, 5) is 22.0. The molecule has 0 saturated heterocycles. The SMILES string of the molecule is O=C(/C=C/c1ccc([N+](=O)[O-])cc1)Nc1nnc(-c2ccc(Cl)cc2)o1. The summed E-state index contributed by atoms with van der Waals surface area (Å²) in [5, 5.41) is 21.2. The standard InChI is InChI=1S/C17H11ClN4O4/c18-13-6-4-12(5-7-13)16-20-21-17(26-16)19-15(23)10-3-11-1-8-14(9-2-11)22(24)25/h1-10H,(H,19,21,23)/b10-3+. The lowest BCUT2D eigenvalue weighted by Crippen LogP contribution is -2.07. The number of benzene rings is 2. The lowest BCUT2D eigenvalue weighted by atomic mass is 10.2. The molecule has 2 aromatic carbocycles. The zero-order valence-corrected chi connectivity index (χ0v) is 13.9. The van der Waals surface area contributed by atoms with Crippen molar-refractivity contribution >= 4 is 35.3 Å². The molecule has 0 spiro atoms. The average molecular weight is 371 g/mol. The third-order valence-electron chi connectivity index (χ3n) is 3.28. The van der Waals surface area contributed by atoms with E-state index >= 15 is 0 Å². The van der Waals surface area contributed by atoms with E-state index in [4.69, 9.17) is 16.0 Å². The molecule has 1 amide bonds. The molecule has 0 fully saturated rings. The zero-order chi connectivity index (χ0) is 18.5. The minimum absolute atomic E-state index is 0.0211. The van der Waals surface area contributed by atoms with E-state index in [1.807, 2.05) is 0 Å². The Morgan fingerprint density at radius 2 is 1.81 bits per heavy atom. The second-order valence-electron chi connectivity index (χ2n) is 5.09. The number of amides is 1. The molecule has 0 unspecified atom stereocenters. The molecule has 0 aliphatic rings. The average Bonchev–Trinajstić information content (AvgIpc) is 3.09. The highest BCUT2D eigenvalue weighted by Gasteiger charge is 2.10. The molecule has 9 heteroatoms. The summed E-state index contributed by atoms with van der Waals surface area (Å²) in [5.41, 5.74) is 1.29. The number of carbonyl (C=O) groups excluding carboxylic acids is 1. The number of hydrogen-bond donors (Lipinski definition) is 1. The van der Waals surface area contributed by atoms with Gasteiger partial charge in [0.15, 0.2) is 0 Å². The highest BCUT2D eigenvalue weighted by atomic mass is 35.5. The van der Waals surface area contributed by atoms with Gasteiger partial charge in [-0.15, -0.1) is 5.10 Å². The zero-order valence-electron chi connectivity index (χ0n) is 13.1. The maximum atomic E-state index is 11.9. The molecule has 26 heavy (non-hydrogen) atoms. The van der Waals surface area contributed by atoms with Crippen LogP contribution in [0.5, 0.6) is 0 Å². The summed E-state index contributed by atoms with van der Waals surface area (Å²) >= 11 is 5.82. The molecule has 0 bridgehead atoms. The first-order chi connectivity index (χ1) is 12.5. The Bertz CT molecular complexity index is 965. The molecule has 0 aliphatic heterocycles. The van der Waals surface area contributed by atoms with E-state index in [2.05, 4.69) is 15.5 Å². The van der Waals surface area contributed by atoms with Gasteiger partial charge in [-0.2, -0.15) is 0 Å². The van der Waals surface area contributed by atoms with Crippen molar-refractivity contribution in [2.24, 2.45) is 0 Å². The molecule has 3 aromatic rings. The van der Waals surface area contributed by atoms with Gasteiger partial charge in [-0.3, -0.25) is 20.2 Å². The third-order valence-corrected chi connectivity index (χ3v) is 3.53. The summed E-state index contributed by atoms with van der Waals surface area (Å²) < 4.78 is 5.37. The molecule has 0 saturated carbocycles. The number of nitrogens with zero attached hydrogens (tertiary/aromatic N) is 3. The van der Waals surface area contributed by atoms with Gasteiger partial charge in [-0.05, 0) is 48.0 Å². The number of anilines is 1. The fourth-order valence-electron chi connectivity index (χ4n) is 2.01. The van der Waals surface area contributed by atoms with Crippen LogP contribution in [-0.4, -0.2) is 21.0 Å². The molecular weight excluding hydrogens is 360 g/mol. The van der Waals surface area contributed by atoms with E-state index in [0.717, 1.165) is 0 Å². The molecule has 0 atom stereocenters. The number of nitro benzene ring substituents is 1. The molecule has 0 radical (unpaired) electrons. The van der Waals surface area contributed by atoms with E-state index in [1.165, 1.54) is 36.4 Å². The Hall–Kier alpha value is -3.52. The van der Waals surface area contributed by atoms with Crippen molar-refractivity contribution in [1.82, 2.24) is 10.2 Å². The van der Waals surface area contributed by atoms with Crippen LogP contribution in [0.25, 0.3) is 17.5 Å². The van der Waals surface area contributed by atoms with Gasteiger partial charge in [-0.1, -0.05) is 16.7 Å². The lowest BCUT2D eigenvalue weighted by molar-refractivity contribution is -0.384. The maximum Gasteiger partial charge on any atom is 0.322 e. The highest BCUT2D eigenvalue weighted by Crippen LogP contribution is 2.21. The van der Waals surface area contributed by atoms with Crippen molar-refractivity contribution in [3.8, 4) is 11.5 Å². The number of carbonyl (C=O) groups is 1. The minimum Gasteiger partial charge on any atom is -0.403 e. The van der Waals surface area contributed by atoms with E-state index in [1.54, 1.807) is 24.3 Å². The molecular formula is C17H11ClN4O4. The van der Waals surface area contributed by atoms with Gasteiger partial charge in [0.1, 0.15) is 0 Å². The molecule has 1 heterocycles. The van der Waals surface area contributed by atoms with Crippen LogP contribution in [0, 0.1) is 10.1 Å². The van der Waals surface area contributed by atoms with Crippen LogP contribution >= 0.6 is 11.6 Å². The summed E-state index contributed by atoms with van der Waals surface area (Å²) in [5.74, 6) is -0.231. The fourth-order valence-corrected chi connectivity index (χ4v) is 2.13. The maximum absolute atomic E-state index is 11.9. The molecule has 3 rings (SSSR count). The highest BCUT2D eigenvalue weighted by molar-refractivity contribution is 6.30. The van der Waals surface area contributed by atoms with Gasteiger partial charge >= 0.3 is 6.01 Å². The van der Waals surface area contributed by atoms with Gasteiger partial charge in [-0.25, -0.2) is 0 Å². The first kappa shape index (κ1) is 17.3. The fraction of sp³-hybridized carbons (Fsp3) is 0. The van der Waals surface area contributed by atoms with Crippen molar-refractivity contribution < 1.29 is 14.1 Å². The number of rotatable bonds is 5. The van der Waals surface area contributed by atoms with Crippen molar-refractivity contribution in [3.05, 3.63) is 75.3 Å². The largest absolute Gasteiger partial charge is 0.403 e. The van der Waals surface area contributed by atoms with E-state index in [0.29, 0.717) is 16.1 Å². The first-order valence-corrected chi connectivity index (χ1v) is 7.72. The van der Waals surface area contributed by atoms with Crippen LogP contribution in [0.3, 0.4) is 0 Å². The van der Waals surface area contributed by atoms with E-state index in [-0.39, 0.29) is 17.6 Å². The number of aromatic nitrogens is 2. The number of halogens is 1. The Morgan fingerprint density at radius 1 is 1.12 bits per heavy atom. The van der Waals surface area contributed by atoms with Gasteiger partial charge in [0, 0.05) is 28.8 Å². The van der Waals surface area contributed by atoms with Crippen LogP contribution in [0.2, 0.25) is 5.02 Å². The Morgan fingerprint density at radius 3 is 2.46 bits per heavy atom. The number of non-ortho nitro benzene ring substituents is 1.